The molecule has 0 aliphatic rings. The predicted molar refractivity (Wildman–Crippen MR) is 81.7 cm³/mol. The molecular weight excluding hydrogens is 331 g/mol. The van der Waals surface area contributed by atoms with E-state index in [0.717, 1.165) is 0 Å². The van der Waals surface area contributed by atoms with Crippen LogP contribution in [0.4, 0.5) is 0 Å². The van der Waals surface area contributed by atoms with Gasteiger partial charge in [-0.25, -0.2) is 8.42 Å². The summed E-state index contributed by atoms with van der Waals surface area (Å²) in [6.07, 6.45) is 1.36. The molecule has 0 aliphatic carbocycles. The Hall–Kier alpha value is -1.61. The lowest BCUT2D eigenvalue weighted by Gasteiger charge is -2.06. The number of nitriles is 1. The minimum absolute atomic E-state index is 0.177. The van der Waals surface area contributed by atoms with Gasteiger partial charge >= 0.3 is 0 Å². The topological polar surface area (TPSA) is 70.8 Å². The summed E-state index contributed by atoms with van der Waals surface area (Å²) in [7, 11) is -3.45. The van der Waals surface area contributed by atoms with Gasteiger partial charge in [-0.15, -0.1) is 0 Å². The normalized spacial score (nSPS) is 11.1. The Morgan fingerprint density at radius 1 is 1.19 bits per heavy atom. The number of halogens is 2. The van der Waals surface area contributed by atoms with Gasteiger partial charge in [0.15, 0.2) is 9.84 Å². The highest BCUT2D eigenvalue weighted by molar-refractivity contribution is 7.89. The number of benzene rings is 1. The Bertz CT molecular complexity index is 814. The Balaban J connectivity index is 2.20. The molecule has 0 fully saturated rings. The lowest BCUT2D eigenvalue weighted by molar-refractivity contribution is 0.594. The van der Waals surface area contributed by atoms with E-state index >= 15 is 0 Å². The van der Waals surface area contributed by atoms with E-state index in [4.69, 9.17) is 28.5 Å². The van der Waals surface area contributed by atoms with Gasteiger partial charge in [0, 0.05) is 6.20 Å². The molecule has 1 aromatic carbocycles. The predicted octanol–water partition coefficient (Wildman–Crippen LogP) is 3.38. The summed E-state index contributed by atoms with van der Waals surface area (Å²) >= 11 is 11.7. The van der Waals surface area contributed by atoms with E-state index < -0.39 is 9.84 Å². The maximum Gasteiger partial charge on any atom is 0.160 e. The van der Waals surface area contributed by atoms with Crippen LogP contribution < -0.4 is 0 Å². The van der Waals surface area contributed by atoms with Crippen LogP contribution in [-0.2, 0) is 21.3 Å². The molecule has 0 bridgehead atoms. The van der Waals surface area contributed by atoms with Crippen LogP contribution in [0.2, 0.25) is 10.0 Å². The fourth-order valence-electron chi connectivity index (χ4n) is 1.79. The van der Waals surface area contributed by atoms with Crippen LogP contribution in [0.25, 0.3) is 0 Å². The fourth-order valence-corrected chi connectivity index (χ4v) is 3.76. The minimum Gasteiger partial charge on any atom is -0.257 e. The highest BCUT2D eigenvalue weighted by Gasteiger charge is 2.16. The number of sulfone groups is 1. The van der Waals surface area contributed by atoms with Crippen molar-refractivity contribution >= 4 is 33.0 Å². The molecule has 0 radical (unpaired) electrons. The average molecular weight is 341 g/mol. The third-order valence-electron chi connectivity index (χ3n) is 2.68. The molecule has 0 N–H and O–H groups in total. The summed E-state index contributed by atoms with van der Waals surface area (Å²) in [5, 5.41) is 9.39. The molecule has 0 atom stereocenters. The molecule has 2 aromatic rings. The Morgan fingerprint density at radius 3 is 2.62 bits per heavy atom. The SMILES string of the molecule is N#Cc1cccc(CS(=O)(=O)Cc2ncc(Cl)cc2Cl)c1. The molecule has 0 amide bonds. The first-order valence-electron chi connectivity index (χ1n) is 5.89. The monoisotopic (exact) mass is 340 g/mol. The van der Waals surface area contributed by atoms with E-state index in [9.17, 15) is 8.42 Å². The molecule has 7 heteroatoms. The lowest BCUT2D eigenvalue weighted by atomic mass is 10.2. The number of aromatic nitrogens is 1. The quantitative estimate of drug-likeness (QED) is 0.855. The highest BCUT2D eigenvalue weighted by Crippen LogP contribution is 2.21. The van der Waals surface area contributed by atoms with Gasteiger partial charge in [0.25, 0.3) is 0 Å². The summed E-state index contributed by atoms with van der Waals surface area (Å²) in [6, 6.07) is 9.91. The van der Waals surface area contributed by atoms with E-state index in [1.807, 2.05) is 6.07 Å². The molecule has 108 valence electrons. The van der Waals surface area contributed by atoms with Crippen LogP contribution in [0.3, 0.4) is 0 Å². The van der Waals surface area contributed by atoms with Crippen molar-refractivity contribution in [2.45, 2.75) is 11.5 Å². The zero-order valence-electron chi connectivity index (χ0n) is 10.8. The Morgan fingerprint density at radius 2 is 1.95 bits per heavy atom. The molecule has 0 aliphatic heterocycles. The second-order valence-corrected chi connectivity index (χ2v) is 7.33. The molecule has 0 saturated heterocycles. The second kappa shape index (κ2) is 6.44. The van der Waals surface area contributed by atoms with Crippen molar-refractivity contribution < 1.29 is 8.42 Å². The van der Waals surface area contributed by atoms with Crippen LogP contribution in [-0.4, -0.2) is 13.4 Å². The largest absolute Gasteiger partial charge is 0.257 e. The zero-order chi connectivity index (χ0) is 15.5. The summed E-state index contributed by atoms with van der Waals surface area (Å²) in [4.78, 5) is 3.94. The van der Waals surface area contributed by atoms with Crippen LogP contribution >= 0.6 is 23.2 Å². The van der Waals surface area contributed by atoms with Crippen molar-refractivity contribution in [2.24, 2.45) is 0 Å². The maximum absolute atomic E-state index is 12.2. The number of hydrogen-bond donors (Lipinski definition) is 0. The number of nitrogens with zero attached hydrogens (tertiary/aromatic N) is 2. The van der Waals surface area contributed by atoms with Gasteiger partial charge in [0.05, 0.1) is 38.9 Å². The summed E-state index contributed by atoms with van der Waals surface area (Å²) < 4.78 is 24.4. The summed E-state index contributed by atoms with van der Waals surface area (Å²) in [6.45, 7) is 0. The van der Waals surface area contributed by atoms with Crippen molar-refractivity contribution in [3.63, 3.8) is 0 Å². The molecule has 0 spiro atoms. The first-order valence-corrected chi connectivity index (χ1v) is 8.47. The first-order chi connectivity index (χ1) is 9.89. The maximum atomic E-state index is 12.2. The van der Waals surface area contributed by atoms with E-state index in [2.05, 4.69) is 4.98 Å². The minimum atomic E-state index is -3.45. The standard InChI is InChI=1S/C14H10Cl2N2O2S/c15-12-5-13(16)14(18-7-12)9-21(19,20)8-11-3-1-2-10(4-11)6-17/h1-5,7H,8-9H2. The molecular formula is C14H10Cl2N2O2S. The molecule has 2 rings (SSSR count). The third-order valence-corrected chi connectivity index (χ3v) is 4.70. The van der Waals surface area contributed by atoms with E-state index in [1.165, 1.54) is 12.3 Å². The lowest BCUT2D eigenvalue weighted by Crippen LogP contribution is -2.09. The van der Waals surface area contributed by atoms with Crippen LogP contribution in [0, 0.1) is 11.3 Å². The molecule has 0 unspecified atom stereocenters. The van der Waals surface area contributed by atoms with Crippen molar-refractivity contribution in [1.29, 1.82) is 5.26 Å². The first kappa shape index (κ1) is 15.8. The van der Waals surface area contributed by atoms with Crippen molar-refractivity contribution in [1.82, 2.24) is 4.98 Å². The van der Waals surface area contributed by atoms with Gasteiger partial charge in [-0.2, -0.15) is 5.26 Å². The molecule has 21 heavy (non-hydrogen) atoms. The van der Waals surface area contributed by atoms with E-state index in [1.54, 1.807) is 24.3 Å². The van der Waals surface area contributed by atoms with E-state index in [0.29, 0.717) is 16.1 Å². The van der Waals surface area contributed by atoms with Gasteiger partial charge in [-0.3, -0.25) is 4.98 Å². The van der Waals surface area contributed by atoms with Crippen LogP contribution in [0.1, 0.15) is 16.8 Å². The van der Waals surface area contributed by atoms with Gasteiger partial charge in [0.1, 0.15) is 0 Å². The van der Waals surface area contributed by atoms with Gasteiger partial charge < -0.3 is 0 Å². The van der Waals surface area contributed by atoms with Gasteiger partial charge in [-0.1, -0.05) is 35.3 Å². The molecule has 1 heterocycles. The summed E-state index contributed by atoms with van der Waals surface area (Å²) in [5.41, 5.74) is 1.24. The Kier molecular flexibility index (Phi) is 4.84. The van der Waals surface area contributed by atoms with Crippen LogP contribution in [0.15, 0.2) is 36.5 Å². The molecule has 0 saturated carbocycles. The van der Waals surface area contributed by atoms with Crippen molar-refractivity contribution in [2.75, 3.05) is 0 Å². The molecule has 4 nitrogen and oxygen atoms in total. The average Bonchev–Trinajstić information content (AvgIpc) is 2.41. The van der Waals surface area contributed by atoms with Gasteiger partial charge in [0.2, 0.25) is 0 Å². The third kappa shape index (κ3) is 4.43. The number of rotatable bonds is 4. The molecule has 1 aromatic heterocycles. The highest BCUT2D eigenvalue weighted by atomic mass is 35.5. The second-order valence-electron chi connectivity index (χ2n) is 4.43. The van der Waals surface area contributed by atoms with Gasteiger partial charge in [-0.05, 0) is 23.8 Å². The number of pyridine rings is 1. The van der Waals surface area contributed by atoms with Crippen molar-refractivity contribution in [3.05, 3.63) is 63.4 Å². The summed E-state index contributed by atoms with van der Waals surface area (Å²) in [5.74, 6) is -0.455. The number of hydrogen-bond acceptors (Lipinski definition) is 4. The van der Waals surface area contributed by atoms with Crippen LogP contribution in [0.5, 0.6) is 0 Å². The van der Waals surface area contributed by atoms with Crippen molar-refractivity contribution in [3.8, 4) is 6.07 Å². The Labute approximate surface area is 132 Å². The smallest absolute Gasteiger partial charge is 0.160 e. The zero-order valence-corrected chi connectivity index (χ0v) is 13.1. The van der Waals surface area contributed by atoms with E-state index in [-0.39, 0.29) is 22.2 Å². The fraction of sp³-hybridized carbons (Fsp3) is 0.143.